The van der Waals surface area contributed by atoms with Gasteiger partial charge in [-0.3, -0.25) is 4.79 Å². The van der Waals surface area contributed by atoms with Crippen LogP contribution in [0.4, 0.5) is 4.79 Å². The van der Waals surface area contributed by atoms with Gasteiger partial charge in [-0.2, -0.15) is 0 Å². The second-order valence-electron chi connectivity index (χ2n) is 9.50. The molecule has 0 bridgehead atoms. The van der Waals surface area contributed by atoms with E-state index in [0.717, 1.165) is 21.4 Å². The molecule has 39 heavy (non-hydrogen) atoms. The van der Waals surface area contributed by atoms with Crippen molar-refractivity contribution in [3.63, 3.8) is 0 Å². The Kier molecular flexibility index (Phi) is 9.59. The summed E-state index contributed by atoms with van der Waals surface area (Å²) in [6.07, 6.45) is -0.315. The van der Waals surface area contributed by atoms with E-state index in [-0.39, 0.29) is 6.10 Å². The molecule has 10 nitrogen and oxygen atoms in total. The molecule has 3 aromatic rings. The minimum Gasteiger partial charge on any atom is -0.484 e. The lowest BCUT2D eigenvalue weighted by Gasteiger charge is -2.27. The molecular formula is C28H32N2O8S. The Morgan fingerprint density at radius 1 is 1.05 bits per heavy atom. The number of hydrogen-bond donors (Lipinski definition) is 0. The van der Waals surface area contributed by atoms with Gasteiger partial charge in [0.25, 0.3) is 5.09 Å². The van der Waals surface area contributed by atoms with Crippen molar-refractivity contribution in [2.45, 2.75) is 57.5 Å². The summed E-state index contributed by atoms with van der Waals surface area (Å²) in [6, 6.07) is 17.9. The van der Waals surface area contributed by atoms with E-state index in [1.54, 1.807) is 18.4 Å². The van der Waals surface area contributed by atoms with Gasteiger partial charge >= 0.3 is 12.1 Å². The number of hydrogen-bond acceptors (Lipinski definition) is 9. The number of thiophene rings is 1. The number of rotatable bonds is 11. The average Bonchev–Trinajstić information content (AvgIpc) is 3.46. The van der Waals surface area contributed by atoms with Crippen LogP contribution in [0.3, 0.4) is 0 Å². The zero-order valence-corrected chi connectivity index (χ0v) is 22.7. The summed E-state index contributed by atoms with van der Waals surface area (Å²) in [4.78, 5) is 42.7. The van der Waals surface area contributed by atoms with Crippen molar-refractivity contribution in [3.8, 4) is 5.75 Å². The fourth-order valence-electron chi connectivity index (χ4n) is 4.63. The molecule has 2 aromatic carbocycles. The largest absolute Gasteiger partial charge is 0.484 e. The van der Waals surface area contributed by atoms with E-state index in [9.17, 15) is 19.7 Å². The molecule has 0 saturated heterocycles. The lowest BCUT2D eigenvalue weighted by molar-refractivity contribution is -0.769. The molecule has 1 aliphatic carbocycles. The number of fused-ring (bicyclic) bond motifs is 1. The van der Waals surface area contributed by atoms with Gasteiger partial charge in [-0.15, -0.1) is 21.5 Å². The second kappa shape index (κ2) is 13.3. The van der Waals surface area contributed by atoms with E-state index < -0.39 is 35.5 Å². The molecular weight excluding hydrogens is 524 g/mol. The third-order valence-corrected chi connectivity index (χ3v) is 7.67. The van der Waals surface area contributed by atoms with E-state index in [1.807, 2.05) is 60.0 Å². The second-order valence-corrected chi connectivity index (χ2v) is 10.5. The summed E-state index contributed by atoms with van der Waals surface area (Å²) in [6.45, 7) is 1.84. The molecule has 1 saturated carbocycles. The standard InChI is InChI=1S/C28H32N2O8S/c1-19(35-27(31)21-12-14-22(15-13-21)38-30(33)34)36-28(32)29(2)17-16-25(26-11-6-18-39-26)37-24-10-5-8-20-7-3-4-9-23(20)24/h3-11,18-19,21-22,25H,12-17H2,1-2H3/t19?,21?,22?,25-/m0/s1. The van der Waals surface area contributed by atoms with Crippen LogP contribution in [0.1, 0.15) is 50.0 Å². The van der Waals surface area contributed by atoms with E-state index in [1.165, 1.54) is 11.8 Å². The molecule has 11 heteroatoms. The van der Waals surface area contributed by atoms with Gasteiger partial charge in [0.2, 0.25) is 6.29 Å². The highest BCUT2D eigenvalue weighted by Gasteiger charge is 2.31. The monoisotopic (exact) mass is 556 g/mol. The number of nitrogens with zero attached hydrogens (tertiary/aromatic N) is 2. The van der Waals surface area contributed by atoms with Crippen LogP contribution in [0.15, 0.2) is 60.0 Å². The van der Waals surface area contributed by atoms with E-state index >= 15 is 0 Å². The van der Waals surface area contributed by atoms with Gasteiger partial charge in [-0.1, -0.05) is 42.5 Å². The Morgan fingerprint density at radius 2 is 1.79 bits per heavy atom. The fraction of sp³-hybridized carbons (Fsp3) is 0.429. The summed E-state index contributed by atoms with van der Waals surface area (Å²) in [7, 11) is 1.62. The molecule has 208 valence electrons. The van der Waals surface area contributed by atoms with Crippen LogP contribution in [0.2, 0.25) is 0 Å². The van der Waals surface area contributed by atoms with Crippen molar-refractivity contribution in [1.82, 2.24) is 4.90 Å². The molecule has 1 amide bonds. The Labute approximate surface area is 230 Å². The van der Waals surface area contributed by atoms with Crippen molar-refractivity contribution in [1.29, 1.82) is 0 Å². The summed E-state index contributed by atoms with van der Waals surface area (Å²) >= 11 is 1.59. The van der Waals surface area contributed by atoms with E-state index in [2.05, 4.69) is 4.84 Å². The van der Waals surface area contributed by atoms with Crippen LogP contribution in [-0.4, -0.2) is 48.0 Å². The molecule has 0 spiro atoms. The zero-order chi connectivity index (χ0) is 27.8. The predicted molar refractivity (Wildman–Crippen MR) is 145 cm³/mol. The molecule has 1 unspecified atom stereocenters. The van der Waals surface area contributed by atoms with Crippen LogP contribution in [-0.2, 0) is 19.1 Å². The first-order chi connectivity index (χ1) is 18.8. The Bertz CT molecular complexity index is 1250. The summed E-state index contributed by atoms with van der Waals surface area (Å²) < 4.78 is 17.1. The molecule has 0 aliphatic heterocycles. The number of amides is 1. The Morgan fingerprint density at radius 3 is 2.51 bits per heavy atom. The first-order valence-corrected chi connectivity index (χ1v) is 13.8. The summed E-state index contributed by atoms with van der Waals surface area (Å²) in [5.41, 5.74) is 0. The smallest absolute Gasteiger partial charge is 0.412 e. The van der Waals surface area contributed by atoms with Crippen LogP contribution in [0.25, 0.3) is 10.8 Å². The summed E-state index contributed by atoms with van der Waals surface area (Å²) in [5, 5.41) is 13.8. The maximum Gasteiger partial charge on any atom is 0.412 e. The molecule has 1 aliphatic rings. The van der Waals surface area contributed by atoms with E-state index in [4.69, 9.17) is 14.2 Å². The first-order valence-electron chi connectivity index (χ1n) is 12.9. The quantitative estimate of drug-likeness (QED) is 0.120. The van der Waals surface area contributed by atoms with Gasteiger partial charge in [0.1, 0.15) is 18.0 Å². The van der Waals surface area contributed by atoms with Gasteiger partial charge in [0, 0.05) is 37.2 Å². The van der Waals surface area contributed by atoms with Gasteiger partial charge in [-0.05, 0) is 48.6 Å². The average molecular weight is 557 g/mol. The Balaban J connectivity index is 1.27. The number of carbonyl (C=O) groups is 2. The van der Waals surface area contributed by atoms with Gasteiger partial charge in [0.15, 0.2) is 0 Å². The molecule has 2 atom stereocenters. The Hall–Kier alpha value is -3.86. The van der Waals surface area contributed by atoms with Gasteiger partial charge < -0.3 is 23.9 Å². The predicted octanol–water partition coefficient (Wildman–Crippen LogP) is 6.14. The normalized spacial score (nSPS) is 18.5. The topological polar surface area (TPSA) is 117 Å². The molecule has 4 rings (SSSR count). The van der Waals surface area contributed by atoms with Crippen LogP contribution in [0, 0.1) is 16.0 Å². The number of benzene rings is 2. The third kappa shape index (κ3) is 7.82. The summed E-state index contributed by atoms with van der Waals surface area (Å²) in [5.74, 6) is -0.122. The van der Waals surface area contributed by atoms with Crippen molar-refractivity contribution in [2.75, 3.05) is 13.6 Å². The van der Waals surface area contributed by atoms with Crippen molar-refractivity contribution < 1.29 is 33.7 Å². The van der Waals surface area contributed by atoms with Crippen molar-refractivity contribution in [3.05, 3.63) is 75.0 Å². The zero-order valence-electron chi connectivity index (χ0n) is 21.9. The van der Waals surface area contributed by atoms with Crippen LogP contribution in [0.5, 0.6) is 5.75 Å². The lowest BCUT2D eigenvalue weighted by Crippen LogP contribution is -2.35. The van der Waals surface area contributed by atoms with Crippen LogP contribution >= 0.6 is 11.3 Å². The highest BCUT2D eigenvalue weighted by atomic mass is 32.1. The van der Waals surface area contributed by atoms with Crippen LogP contribution < -0.4 is 4.74 Å². The lowest BCUT2D eigenvalue weighted by atomic mass is 9.87. The maximum absolute atomic E-state index is 12.7. The number of ether oxygens (including phenoxy) is 3. The highest BCUT2D eigenvalue weighted by Crippen LogP contribution is 2.33. The maximum atomic E-state index is 12.7. The molecule has 0 radical (unpaired) electrons. The number of carbonyl (C=O) groups excluding carboxylic acids is 2. The molecule has 1 aromatic heterocycles. The SMILES string of the molecule is CC(OC(=O)C1CCC(O[N+](=O)[O-])CC1)OC(=O)N(C)CC[C@H](Oc1cccc2ccccc12)c1cccs1. The number of esters is 1. The van der Waals surface area contributed by atoms with Gasteiger partial charge in [0.05, 0.1) is 5.92 Å². The van der Waals surface area contributed by atoms with Crippen molar-refractivity contribution in [2.24, 2.45) is 5.92 Å². The minimum absolute atomic E-state index is 0.268. The van der Waals surface area contributed by atoms with Gasteiger partial charge in [-0.25, -0.2) is 4.79 Å². The molecule has 1 heterocycles. The fourth-order valence-corrected chi connectivity index (χ4v) is 5.42. The van der Waals surface area contributed by atoms with Crippen molar-refractivity contribution >= 4 is 34.2 Å². The third-order valence-electron chi connectivity index (χ3n) is 6.71. The van der Waals surface area contributed by atoms with E-state index in [0.29, 0.717) is 38.6 Å². The molecule has 0 N–H and O–H groups in total. The molecule has 1 fully saturated rings. The minimum atomic E-state index is -1.07. The first kappa shape index (κ1) is 28.2. The highest BCUT2D eigenvalue weighted by molar-refractivity contribution is 7.10.